The molecular formula is C17H13FIN3O. The van der Waals surface area contributed by atoms with E-state index in [9.17, 15) is 9.18 Å². The van der Waals surface area contributed by atoms with Crippen LogP contribution in [0.1, 0.15) is 29.9 Å². The fourth-order valence-electron chi connectivity index (χ4n) is 3.08. The molecule has 0 unspecified atom stereocenters. The zero-order chi connectivity index (χ0) is 16.4. The summed E-state index contributed by atoms with van der Waals surface area (Å²) in [7, 11) is 0. The summed E-state index contributed by atoms with van der Waals surface area (Å²) in [5, 5.41) is 3.73. The minimum Gasteiger partial charge on any atom is -0.341 e. The largest absolute Gasteiger partial charge is 0.341 e. The molecule has 0 radical (unpaired) electrons. The molecule has 0 saturated heterocycles. The Morgan fingerprint density at radius 2 is 2.00 bits per heavy atom. The van der Waals surface area contributed by atoms with Crippen molar-refractivity contribution in [3.05, 3.63) is 53.6 Å². The lowest BCUT2D eigenvalue weighted by Crippen LogP contribution is -2.33. The van der Waals surface area contributed by atoms with Crippen molar-refractivity contribution >= 4 is 39.7 Å². The summed E-state index contributed by atoms with van der Waals surface area (Å²) < 4.78 is 15.8. The first kappa shape index (κ1) is 14.6. The molecule has 1 amide bonds. The van der Waals surface area contributed by atoms with Crippen LogP contribution >= 0.6 is 22.9 Å². The maximum atomic E-state index is 14.1. The molecule has 0 aliphatic carbocycles. The second kappa shape index (κ2) is 4.77. The van der Waals surface area contributed by atoms with E-state index >= 15 is 0 Å². The van der Waals surface area contributed by atoms with Gasteiger partial charge in [-0.25, -0.2) is 9.37 Å². The number of rotatable bonds is 1. The van der Waals surface area contributed by atoms with Gasteiger partial charge in [0, 0.05) is 17.1 Å². The van der Waals surface area contributed by atoms with Gasteiger partial charge in [-0.05, 0) is 32.0 Å². The molecule has 6 heteroatoms. The SMILES string of the molecule is CC1(C)NC(=O)c2ccc(-c3cn(I)c4c(F)cccc34)nc21. The minimum atomic E-state index is -0.504. The second-order valence-electron chi connectivity index (χ2n) is 6.16. The predicted octanol–water partition coefficient (Wildman–Crippen LogP) is 4.02. The Morgan fingerprint density at radius 1 is 1.22 bits per heavy atom. The van der Waals surface area contributed by atoms with Crippen LogP contribution in [0, 0.1) is 5.82 Å². The second-order valence-corrected chi connectivity index (χ2v) is 7.20. The van der Waals surface area contributed by atoms with Crippen LogP contribution < -0.4 is 5.32 Å². The van der Waals surface area contributed by atoms with Crippen LogP contribution in [-0.4, -0.2) is 13.7 Å². The highest BCUT2D eigenvalue weighted by Crippen LogP contribution is 2.35. The van der Waals surface area contributed by atoms with Crippen LogP contribution in [0.15, 0.2) is 36.5 Å². The first-order chi connectivity index (χ1) is 10.9. The molecule has 0 spiro atoms. The molecule has 0 atom stereocenters. The third-order valence-corrected chi connectivity index (χ3v) is 4.93. The van der Waals surface area contributed by atoms with Crippen LogP contribution in [0.5, 0.6) is 0 Å². The van der Waals surface area contributed by atoms with E-state index in [-0.39, 0.29) is 11.7 Å². The van der Waals surface area contributed by atoms with E-state index in [0.717, 1.165) is 22.3 Å². The highest BCUT2D eigenvalue weighted by Gasteiger charge is 2.36. The molecule has 0 bridgehead atoms. The third-order valence-electron chi connectivity index (χ3n) is 4.17. The van der Waals surface area contributed by atoms with Gasteiger partial charge in [0.05, 0.1) is 50.9 Å². The van der Waals surface area contributed by atoms with Gasteiger partial charge in [-0.1, -0.05) is 12.1 Å². The van der Waals surface area contributed by atoms with Gasteiger partial charge in [0.2, 0.25) is 0 Å². The molecule has 3 heterocycles. The lowest BCUT2D eigenvalue weighted by atomic mass is 9.99. The standard InChI is InChI=1S/C17H13FIN3O/c1-17(2)15-10(16(23)21-17)6-7-13(20-15)11-8-22(19)14-9(11)4-3-5-12(14)18/h3-8H,1-2H3,(H,21,23). The molecule has 0 fully saturated rings. The molecule has 3 aromatic rings. The minimum absolute atomic E-state index is 0.105. The number of amides is 1. The normalized spacial score (nSPS) is 15.7. The number of carbonyl (C=O) groups is 1. The summed E-state index contributed by atoms with van der Waals surface area (Å²) in [6.45, 7) is 3.85. The van der Waals surface area contributed by atoms with Gasteiger partial charge in [0.25, 0.3) is 5.91 Å². The van der Waals surface area contributed by atoms with E-state index in [0.29, 0.717) is 11.1 Å². The average Bonchev–Trinajstić information content (AvgIpc) is 2.95. The molecule has 4 rings (SSSR count). The predicted molar refractivity (Wildman–Crippen MR) is 95.0 cm³/mol. The average molecular weight is 421 g/mol. The molecule has 1 aliphatic rings. The van der Waals surface area contributed by atoms with Crippen molar-refractivity contribution in [1.82, 2.24) is 13.1 Å². The Kier molecular flexibility index (Phi) is 3.03. The summed E-state index contributed by atoms with van der Waals surface area (Å²) in [5.74, 6) is -0.368. The van der Waals surface area contributed by atoms with Crippen molar-refractivity contribution in [1.29, 1.82) is 0 Å². The molecule has 1 N–H and O–H groups in total. The van der Waals surface area contributed by atoms with Crippen molar-refractivity contribution in [3.8, 4) is 11.3 Å². The van der Waals surface area contributed by atoms with Gasteiger partial charge >= 0.3 is 0 Å². The smallest absolute Gasteiger partial charge is 0.253 e. The number of halogens is 2. The van der Waals surface area contributed by atoms with E-state index in [2.05, 4.69) is 28.2 Å². The summed E-state index contributed by atoms with van der Waals surface area (Å²) in [5.41, 5.74) is 2.95. The number of carbonyl (C=O) groups excluding carboxylic acids is 1. The Hall–Kier alpha value is -1.96. The summed E-state index contributed by atoms with van der Waals surface area (Å²) in [4.78, 5) is 16.7. The zero-order valence-electron chi connectivity index (χ0n) is 12.5. The van der Waals surface area contributed by atoms with E-state index in [1.54, 1.807) is 14.9 Å². The van der Waals surface area contributed by atoms with E-state index in [1.807, 2.05) is 32.2 Å². The Morgan fingerprint density at radius 3 is 2.78 bits per heavy atom. The highest BCUT2D eigenvalue weighted by molar-refractivity contribution is 14.1. The van der Waals surface area contributed by atoms with Crippen molar-refractivity contribution in [2.45, 2.75) is 19.4 Å². The quantitative estimate of drug-likeness (QED) is 0.604. The Bertz CT molecular complexity index is 977. The van der Waals surface area contributed by atoms with E-state index in [4.69, 9.17) is 4.98 Å². The highest BCUT2D eigenvalue weighted by atomic mass is 127. The number of hydrogen-bond donors (Lipinski definition) is 1. The summed E-state index contributed by atoms with van der Waals surface area (Å²) in [6.07, 6.45) is 1.86. The van der Waals surface area contributed by atoms with Gasteiger partial charge in [-0.15, -0.1) is 0 Å². The van der Waals surface area contributed by atoms with Crippen molar-refractivity contribution in [3.63, 3.8) is 0 Å². The van der Waals surface area contributed by atoms with Gasteiger partial charge in [0.15, 0.2) is 0 Å². The number of para-hydroxylation sites is 1. The molecule has 23 heavy (non-hydrogen) atoms. The Balaban J connectivity index is 1.97. The first-order valence-electron chi connectivity index (χ1n) is 7.18. The third kappa shape index (κ3) is 2.08. The topological polar surface area (TPSA) is 46.9 Å². The number of aromatic nitrogens is 2. The number of fused-ring (bicyclic) bond motifs is 2. The molecule has 4 nitrogen and oxygen atoms in total. The molecule has 1 aliphatic heterocycles. The lowest BCUT2D eigenvalue weighted by molar-refractivity contribution is 0.0940. The van der Waals surface area contributed by atoms with Gasteiger partial charge in [-0.2, -0.15) is 0 Å². The fourth-order valence-corrected chi connectivity index (χ4v) is 3.85. The fraction of sp³-hybridized carbons (Fsp3) is 0.176. The van der Waals surface area contributed by atoms with Crippen LogP contribution in [-0.2, 0) is 5.54 Å². The number of benzene rings is 1. The van der Waals surface area contributed by atoms with Gasteiger partial charge < -0.3 is 5.32 Å². The van der Waals surface area contributed by atoms with Crippen LogP contribution in [0.25, 0.3) is 22.2 Å². The maximum absolute atomic E-state index is 14.1. The molecule has 2 aromatic heterocycles. The van der Waals surface area contributed by atoms with Crippen molar-refractivity contribution in [2.24, 2.45) is 0 Å². The first-order valence-corrected chi connectivity index (χ1v) is 8.15. The Labute approximate surface area is 146 Å². The van der Waals surface area contributed by atoms with Crippen LogP contribution in [0.2, 0.25) is 0 Å². The molecule has 116 valence electrons. The van der Waals surface area contributed by atoms with Gasteiger partial charge in [0.1, 0.15) is 5.82 Å². The van der Waals surface area contributed by atoms with E-state index < -0.39 is 5.54 Å². The zero-order valence-corrected chi connectivity index (χ0v) is 14.7. The van der Waals surface area contributed by atoms with E-state index in [1.165, 1.54) is 6.07 Å². The number of pyridine rings is 1. The monoisotopic (exact) mass is 421 g/mol. The molecular weight excluding hydrogens is 408 g/mol. The van der Waals surface area contributed by atoms with Crippen molar-refractivity contribution in [2.75, 3.05) is 0 Å². The molecule has 1 aromatic carbocycles. The number of nitrogens with zero attached hydrogens (tertiary/aromatic N) is 2. The summed E-state index contributed by atoms with van der Waals surface area (Å²) >= 11 is 2.06. The summed E-state index contributed by atoms with van der Waals surface area (Å²) in [6, 6.07) is 8.63. The van der Waals surface area contributed by atoms with Crippen LogP contribution in [0.4, 0.5) is 4.39 Å². The lowest BCUT2D eigenvalue weighted by Gasteiger charge is -2.18. The number of hydrogen-bond acceptors (Lipinski definition) is 2. The maximum Gasteiger partial charge on any atom is 0.253 e. The van der Waals surface area contributed by atoms with Crippen molar-refractivity contribution < 1.29 is 9.18 Å². The van der Waals surface area contributed by atoms with Gasteiger partial charge in [-0.3, -0.25) is 7.58 Å². The van der Waals surface area contributed by atoms with Crippen LogP contribution in [0.3, 0.4) is 0 Å². The number of nitrogens with one attached hydrogen (secondary N) is 1. The molecule has 0 saturated carbocycles.